The fourth-order valence-corrected chi connectivity index (χ4v) is 1.42. The highest BCUT2D eigenvalue weighted by Gasteiger charge is 2.00. The van der Waals surface area contributed by atoms with E-state index in [1.807, 2.05) is 19.1 Å². The van der Waals surface area contributed by atoms with Crippen molar-refractivity contribution in [1.29, 1.82) is 0 Å². The fourth-order valence-electron chi connectivity index (χ4n) is 1.19. The van der Waals surface area contributed by atoms with E-state index in [-0.39, 0.29) is 5.28 Å². The molecule has 0 atom stereocenters. The van der Waals surface area contributed by atoms with Crippen LogP contribution in [0.1, 0.15) is 11.4 Å². The van der Waals surface area contributed by atoms with E-state index in [0.717, 1.165) is 11.4 Å². The zero-order chi connectivity index (χ0) is 10.7. The lowest BCUT2D eigenvalue weighted by Crippen LogP contribution is -2.03. The highest BCUT2D eigenvalue weighted by Crippen LogP contribution is 2.10. The molecule has 0 aliphatic rings. The van der Waals surface area contributed by atoms with Crippen LogP contribution in [0, 0.1) is 6.92 Å². The van der Waals surface area contributed by atoms with Gasteiger partial charge in [0.05, 0.1) is 12.2 Å². The zero-order valence-corrected chi connectivity index (χ0v) is 8.91. The van der Waals surface area contributed by atoms with Gasteiger partial charge in [0.2, 0.25) is 5.28 Å². The number of halogens is 1. The SMILES string of the molecule is Cc1cc(NCc2ccn[nH]2)nc(Cl)n1. The Hall–Kier alpha value is -1.62. The molecule has 0 radical (unpaired) electrons. The number of anilines is 1. The smallest absolute Gasteiger partial charge is 0.224 e. The highest BCUT2D eigenvalue weighted by atomic mass is 35.5. The molecule has 0 fully saturated rings. The first-order valence-corrected chi connectivity index (χ1v) is 4.85. The van der Waals surface area contributed by atoms with Gasteiger partial charge in [-0.25, -0.2) is 9.97 Å². The Morgan fingerprint density at radius 2 is 2.33 bits per heavy atom. The number of nitrogens with one attached hydrogen (secondary N) is 2. The van der Waals surface area contributed by atoms with Crippen molar-refractivity contribution < 1.29 is 0 Å². The van der Waals surface area contributed by atoms with Crippen molar-refractivity contribution in [3.05, 3.63) is 35.0 Å². The van der Waals surface area contributed by atoms with Crippen LogP contribution in [0.25, 0.3) is 0 Å². The number of nitrogens with zero attached hydrogens (tertiary/aromatic N) is 3. The summed E-state index contributed by atoms with van der Waals surface area (Å²) >= 11 is 5.73. The average molecular weight is 224 g/mol. The number of aromatic amines is 1. The molecule has 0 aliphatic carbocycles. The van der Waals surface area contributed by atoms with Crippen LogP contribution in [-0.4, -0.2) is 20.2 Å². The number of hydrogen-bond acceptors (Lipinski definition) is 4. The Labute approximate surface area is 91.9 Å². The van der Waals surface area contributed by atoms with Crippen LogP contribution in [-0.2, 0) is 6.54 Å². The Morgan fingerprint density at radius 1 is 1.47 bits per heavy atom. The molecule has 5 nitrogen and oxygen atoms in total. The van der Waals surface area contributed by atoms with Gasteiger partial charge in [-0.05, 0) is 24.6 Å². The lowest BCUT2D eigenvalue weighted by Gasteiger charge is -2.04. The average Bonchev–Trinajstić information content (AvgIpc) is 2.65. The maximum atomic E-state index is 5.73. The number of aryl methyl sites for hydroxylation is 1. The summed E-state index contributed by atoms with van der Waals surface area (Å²) in [5, 5.41) is 10.1. The molecule has 2 N–H and O–H groups in total. The van der Waals surface area contributed by atoms with Crippen LogP contribution in [0.5, 0.6) is 0 Å². The molecule has 2 heterocycles. The van der Waals surface area contributed by atoms with E-state index in [0.29, 0.717) is 12.4 Å². The summed E-state index contributed by atoms with van der Waals surface area (Å²) in [6.45, 7) is 2.50. The summed E-state index contributed by atoms with van der Waals surface area (Å²) in [5.74, 6) is 0.710. The Morgan fingerprint density at radius 3 is 3.00 bits per heavy atom. The zero-order valence-electron chi connectivity index (χ0n) is 8.16. The van der Waals surface area contributed by atoms with Gasteiger partial charge in [-0.1, -0.05) is 0 Å². The van der Waals surface area contributed by atoms with E-state index < -0.39 is 0 Å². The number of aromatic nitrogens is 4. The molecule has 0 bridgehead atoms. The van der Waals surface area contributed by atoms with Crippen LogP contribution in [0.15, 0.2) is 18.3 Å². The van der Waals surface area contributed by atoms with Crippen molar-refractivity contribution in [2.45, 2.75) is 13.5 Å². The fraction of sp³-hybridized carbons (Fsp3) is 0.222. The van der Waals surface area contributed by atoms with Crippen molar-refractivity contribution >= 4 is 17.4 Å². The molecule has 0 saturated carbocycles. The third-order valence-electron chi connectivity index (χ3n) is 1.85. The Bertz CT molecular complexity index is 420. The normalized spacial score (nSPS) is 10.3. The van der Waals surface area contributed by atoms with Crippen LogP contribution in [0.2, 0.25) is 5.28 Å². The molecule has 0 aliphatic heterocycles. The van der Waals surface area contributed by atoms with E-state index in [4.69, 9.17) is 11.6 Å². The predicted molar refractivity (Wildman–Crippen MR) is 57.7 cm³/mol. The van der Waals surface area contributed by atoms with Crippen LogP contribution in [0.4, 0.5) is 5.82 Å². The molecule has 15 heavy (non-hydrogen) atoms. The molecular formula is C9H10ClN5. The first kappa shape index (κ1) is 9.92. The second-order valence-corrected chi connectivity index (χ2v) is 3.44. The van der Waals surface area contributed by atoms with Crippen LogP contribution < -0.4 is 5.32 Å². The van der Waals surface area contributed by atoms with Gasteiger partial charge >= 0.3 is 0 Å². The number of rotatable bonds is 3. The van der Waals surface area contributed by atoms with Gasteiger partial charge in [0.15, 0.2) is 0 Å². The van der Waals surface area contributed by atoms with Crippen LogP contribution >= 0.6 is 11.6 Å². The molecule has 0 saturated heterocycles. The van der Waals surface area contributed by atoms with Gasteiger partial charge < -0.3 is 5.32 Å². The largest absolute Gasteiger partial charge is 0.364 e. The molecule has 2 aromatic rings. The molecule has 78 valence electrons. The second kappa shape index (κ2) is 4.27. The van der Waals surface area contributed by atoms with Gasteiger partial charge in [0.1, 0.15) is 5.82 Å². The van der Waals surface area contributed by atoms with Crippen molar-refractivity contribution in [2.75, 3.05) is 5.32 Å². The number of H-pyrrole nitrogens is 1. The number of hydrogen-bond donors (Lipinski definition) is 2. The first-order chi connectivity index (χ1) is 7.24. The topological polar surface area (TPSA) is 66.5 Å². The minimum Gasteiger partial charge on any atom is -0.364 e. The Kier molecular flexibility index (Phi) is 2.82. The molecule has 2 rings (SSSR count). The third-order valence-corrected chi connectivity index (χ3v) is 2.01. The predicted octanol–water partition coefficient (Wildman–Crippen LogP) is 1.77. The summed E-state index contributed by atoms with van der Waals surface area (Å²) < 4.78 is 0. The highest BCUT2D eigenvalue weighted by molar-refractivity contribution is 6.28. The van der Waals surface area contributed by atoms with E-state index in [2.05, 4.69) is 25.5 Å². The van der Waals surface area contributed by atoms with Gasteiger partial charge in [-0.3, -0.25) is 5.10 Å². The first-order valence-electron chi connectivity index (χ1n) is 4.47. The van der Waals surface area contributed by atoms with Gasteiger partial charge in [-0.2, -0.15) is 5.10 Å². The molecule has 2 aromatic heterocycles. The Balaban J connectivity index is 2.05. The lowest BCUT2D eigenvalue weighted by molar-refractivity contribution is 0.968. The van der Waals surface area contributed by atoms with E-state index in [9.17, 15) is 0 Å². The van der Waals surface area contributed by atoms with Gasteiger partial charge in [-0.15, -0.1) is 0 Å². The summed E-state index contributed by atoms with van der Waals surface area (Å²) in [6.07, 6.45) is 1.70. The third kappa shape index (κ3) is 2.66. The lowest BCUT2D eigenvalue weighted by atomic mass is 10.4. The summed E-state index contributed by atoms with van der Waals surface area (Å²) in [5.41, 5.74) is 1.82. The van der Waals surface area contributed by atoms with Crippen molar-refractivity contribution in [1.82, 2.24) is 20.2 Å². The van der Waals surface area contributed by atoms with Crippen LogP contribution in [0.3, 0.4) is 0 Å². The van der Waals surface area contributed by atoms with Gasteiger partial charge in [0.25, 0.3) is 0 Å². The van der Waals surface area contributed by atoms with Crippen molar-refractivity contribution in [3.63, 3.8) is 0 Å². The van der Waals surface area contributed by atoms with Gasteiger partial charge in [0, 0.05) is 18.0 Å². The van der Waals surface area contributed by atoms with E-state index in [1.165, 1.54) is 0 Å². The molecule has 0 aromatic carbocycles. The maximum Gasteiger partial charge on any atom is 0.224 e. The molecule has 0 spiro atoms. The van der Waals surface area contributed by atoms with E-state index >= 15 is 0 Å². The maximum absolute atomic E-state index is 5.73. The minimum atomic E-state index is 0.252. The molecule has 0 unspecified atom stereocenters. The monoisotopic (exact) mass is 223 g/mol. The molecular weight excluding hydrogens is 214 g/mol. The summed E-state index contributed by atoms with van der Waals surface area (Å²) in [7, 11) is 0. The molecule has 0 amide bonds. The standard InChI is InChI=1S/C9H10ClN5/c1-6-4-8(14-9(10)13-6)11-5-7-2-3-12-15-7/h2-4H,5H2,1H3,(H,12,15)(H,11,13,14). The summed E-state index contributed by atoms with van der Waals surface area (Å²) in [6, 6.07) is 3.73. The molecule has 6 heteroatoms. The summed E-state index contributed by atoms with van der Waals surface area (Å²) in [4.78, 5) is 8.02. The second-order valence-electron chi connectivity index (χ2n) is 3.10. The van der Waals surface area contributed by atoms with Crippen molar-refractivity contribution in [3.8, 4) is 0 Å². The van der Waals surface area contributed by atoms with Crippen molar-refractivity contribution in [2.24, 2.45) is 0 Å². The quantitative estimate of drug-likeness (QED) is 0.779. The minimum absolute atomic E-state index is 0.252. The van der Waals surface area contributed by atoms with E-state index in [1.54, 1.807) is 6.20 Å².